The first-order valence-corrected chi connectivity index (χ1v) is 11.2. The molecule has 0 aliphatic carbocycles. The minimum atomic E-state index is -3.04. The maximum Gasteiger partial charge on any atom is 0.298 e. The smallest absolute Gasteiger partial charge is 0.298 e. The van der Waals surface area contributed by atoms with E-state index in [1.807, 2.05) is 26.0 Å². The van der Waals surface area contributed by atoms with Crippen LogP contribution in [-0.2, 0) is 0 Å². The molecule has 0 spiro atoms. The molecular formula is C21H27F2N9OS. The van der Waals surface area contributed by atoms with Crippen molar-refractivity contribution in [3.63, 3.8) is 0 Å². The first-order chi connectivity index (χ1) is 16.2. The van der Waals surface area contributed by atoms with E-state index in [-0.39, 0.29) is 22.9 Å². The van der Waals surface area contributed by atoms with Crippen molar-refractivity contribution in [2.45, 2.75) is 32.7 Å². The van der Waals surface area contributed by atoms with Gasteiger partial charge in [-0.05, 0) is 37.6 Å². The number of nitrogens with one attached hydrogen (secondary N) is 2. The number of halogens is 2. The zero-order valence-electron chi connectivity index (χ0n) is 18.9. The molecule has 0 aliphatic rings. The molecule has 0 radical (unpaired) electrons. The number of aryl methyl sites for hydroxylation is 1. The fourth-order valence-corrected chi connectivity index (χ4v) is 4.16. The number of hydrogen-bond acceptors (Lipinski definition) is 8. The zero-order valence-corrected chi connectivity index (χ0v) is 19.7. The minimum absolute atomic E-state index is 0.0370. The fourth-order valence-electron chi connectivity index (χ4n) is 3.29. The van der Waals surface area contributed by atoms with E-state index in [9.17, 15) is 13.6 Å². The van der Waals surface area contributed by atoms with E-state index >= 15 is 0 Å². The second-order valence-electron chi connectivity index (χ2n) is 7.38. The predicted octanol–water partition coefficient (Wildman–Crippen LogP) is 2.12. The number of carbonyl (C=O) groups is 1. The average molecular weight is 492 g/mol. The molecule has 0 aromatic carbocycles. The van der Waals surface area contributed by atoms with E-state index in [0.717, 1.165) is 9.75 Å². The van der Waals surface area contributed by atoms with Gasteiger partial charge in [-0.25, -0.2) is 19.6 Å². The monoisotopic (exact) mass is 491 g/mol. The molecule has 0 aliphatic heterocycles. The van der Waals surface area contributed by atoms with Gasteiger partial charge in [-0.2, -0.15) is 5.10 Å². The van der Waals surface area contributed by atoms with Gasteiger partial charge in [0.1, 0.15) is 5.69 Å². The van der Waals surface area contributed by atoms with Gasteiger partial charge in [-0.3, -0.25) is 14.2 Å². The molecule has 0 unspecified atom stereocenters. The van der Waals surface area contributed by atoms with Crippen molar-refractivity contribution in [3.05, 3.63) is 52.9 Å². The maximum atomic E-state index is 13.5. The van der Waals surface area contributed by atoms with Crippen LogP contribution in [0.1, 0.15) is 28.6 Å². The Kier molecular flexibility index (Phi) is 7.68. The Labute approximate surface area is 199 Å². The Balaban J connectivity index is 2.15. The molecule has 3 heterocycles. The number of pyridine rings is 1. The van der Waals surface area contributed by atoms with Crippen LogP contribution in [0.4, 0.5) is 14.5 Å². The third-order valence-electron chi connectivity index (χ3n) is 5.10. The van der Waals surface area contributed by atoms with Crippen LogP contribution < -0.4 is 33.1 Å². The summed E-state index contributed by atoms with van der Waals surface area (Å²) in [5.74, 6) is 10.2. The van der Waals surface area contributed by atoms with Gasteiger partial charge in [0.25, 0.3) is 12.3 Å². The van der Waals surface area contributed by atoms with Crippen molar-refractivity contribution in [2.24, 2.45) is 22.5 Å². The molecule has 8 N–H and O–H groups in total. The molecule has 0 saturated heterocycles. The van der Waals surface area contributed by atoms with E-state index < -0.39 is 18.2 Å². The number of imidazole rings is 1. The number of rotatable bonds is 8. The topological polar surface area (TPSA) is 152 Å². The largest absolute Gasteiger partial charge is 0.386 e. The van der Waals surface area contributed by atoms with E-state index in [2.05, 4.69) is 20.7 Å². The van der Waals surface area contributed by atoms with Gasteiger partial charge in [0.05, 0.1) is 34.2 Å². The Hall–Kier alpha value is -3.71. The highest BCUT2D eigenvalue weighted by Gasteiger charge is 2.25. The Morgan fingerprint density at radius 3 is 2.71 bits per heavy atom. The summed E-state index contributed by atoms with van der Waals surface area (Å²) in [5, 5.41) is 9.44. The lowest BCUT2D eigenvalue weighted by Crippen LogP contribution is -2.43. The van der Waals surface area contributed by atoms with Crippen molar-refractivity contribution in [3.8, 4) is 10.6 Å². The predicted molar refractivity (Wildman–Crippen MR) is 130 cm³/mol. The highest BCUT2D eigenvalue weighted by Crippen LogP contribution is 2.32. The summed E-state index contributed by atoms with van der Waals surface area (Å²) in [5.41, 5.74) is 6.96. The number of aromatic nitrogens is 2. The molecular weight excluding hydrogens is 464 g/mol. The number of amidine groups is 1. The summed E-state index contributed by atoms with van der Waals surface area (Å²) in [4.78, 5) is 19.5. The Bertz CT molecular complexity index is 1230. The molecule has 0 fully saturated rings. The van der Waals surface area contributed by atoms with E-state index in [0.29, 0.717) is 22.9 Å². The van der Waals surface area contributed by atoms with Crippen LogP contribution in [0, 0.1) is 6.92 Å². The van der Waals surface area contributed by atoms with Crippen LogP contribution in [0.5, 0.6) is 0 Å². The number of nitrogens with zero attached hydrogens (tertiary/aromatic N) is 4. The van der Waals surface area contributed by atoms with Crippen molar-refractivity contribution in [1.29, 1.82) is 0 Å². The molecule has 0 bridgehead atoms. The second kappa shape index (κ2) is 10.5. The van der Waals surface area contributed by atoms with Crippen LogP contribution in [0.2, 0.25) is 0 Å². The van der Waals surface area contributed by atoms with Crippen LogP contribution >= 0.6 is 11.3 Å². The maximum absolute atomic E-state index is 13.5. The molecule has 0 saturated carbocycles. The van der Waals surface area contributed by atoms with Gasteiger partial charge in [0.2, 0.25) is 5.84 Å². The zero-order chi connectivity index (χ0) is 25.0. The highest BCUT2D eigenvalue weighted by atomic mass is 32.1. The highest BCUT2D eigenvalue weighted by molar-refractivity contribution is 7.15. The minimum Gasteiger partial charge on any atom is -0.386 e. The lowest BCUT2D eigenvalue weighted by molar-refractivity contribution is 0.0943. The van der Waals surface area contributed by atoms with Crippen molar-refractivity contribution < 1.29 is 13.6 Å². The Morgan fingerprint density at radius 1 is 1.41 bits per heavy atom. The number of anilines is 1. The van der Waals surface area contributed by atoms with Crippen molar-refractivity contribution in [1.82, 2.24) is 20.0 Å². The number of thiophene rings is 1. The second-order valence-corrected chi connectivity index (χ2v) is 8.67. The summed E-state index contributed by atoms with van der Waals surface area (Å²) in [6, 6.07) is 4.87. The molecule has 3 aromatic rings. The third kappa shape index (κ3) is 5.10. The lowest BCUT2D eigenvalue weighted by atomic mass is 10.1. The van der Waals surface area contributed by atoms with Crippen LogP contribution in [-0.4, -0.2) is 40.6 Å². The molecule has 3 rings (SSSR count). The molecule has 10 nitrogen and oxygen atoms in total. The number of amides is 1. The quantitative estimate of drug-likeness (QED) is 0.140. The van der Waals surface area contributed by atoms with Gasteiger partial charge in [0.15, 0.2) is 5.65 Å². The van der Waals surface area contributed by atoms with Gasteiger partial charge in [-0.15, -0.1) is 11.3 Å². The summed E-state index contributed by atoms with van der Waals surface area (Å²) in [6.07, 6.45) is 2.39. The SMILES string of the molecule is CC[C@@H](/C=C(\N)NC)NC(=O)c1cc(N(N)/C(=N\N)C(F)F)c2ncc(-c3ccc(C)s3)n2c1. The molecule has 13 heteroatoms. The molecule has 34 heavy (non-hydrogen) atoms. The number of hydrazine groups is 1. The number of fused-ring (bicyclic) bond motifs is 1. The fraction of sp³-hybridized carbons (Fsp3) is 0.286. The van der Waals surface area contributed by atoms with Gasteiger partial charge < -0.3 is 22.2 Å². The van der Waals surface area contributed by atoms with Crippen LogP contribution in [0.15, 0.2) is 47.6 Å². The summed E-state index contributed by atoms with van der Waals surface area (Å²) in [7, 11) is 1.67. The van der Waals surface area contributed by atoms with Gasteiger partial charge in [-0.1, -0.05) is 6.92 Å². The number of alkyl halides is 2. The lowest BCUT2D eigenvalue weighted by Gasteiger charge is -2.21. The van der Waals surface area contributed by atoms with E-state index in [1.54, 1.807) is 29.9 Å². The molecule has 182 valence electrons. The molecule has 3 aromatic heterocycles. The van der Waals surface area contributed by atoms with E-state index in [1.165, 1.54) is 17.4 Å². The van der Waals surface area contributed by atoms with Crippen LogP contribution in [0.25, 0.3) is 16.2 Å². The first-order valence-electron chi connectivity index (χ1n) is 10.3. The van der Waals surface area contributed by atoms with Crippen molar-refractivity contribution >= 4 is 34.4 Å². The van der Waals surface area contributed by atoms with E-state index in [4.69, 9.17) is 17.4 Å². The summed E-state index contributed by atoms with van der Waals surface area (Å²) < 4.78 is 28.6. The average Bonchev–Trinajstić information content (AvgIpc) is 3.43. The van der Waals surface area contributed by atoms with Gasteiger partial charge in [0, 0.05) is 18.1 Å². The Morgan fingerprint density at radius 2 is 2.15 bits per heavy atom. The third-order valence-corrected chi connectivity index (χ3v) is 6.12. The molecule has 1 amide bonds. The summed E-state index contributed by atoms with van der Waals surface area (Å²) in [6.45, 7) is 3.85. The summed E-state index contributed by atoms with van der Waals surface area (Å²) >= 11 is 1.53. The number of carbonyl (C=O) groups excluding carboxylic acids is 1. The number of nitrogens with two attached hydrogens (primary N) is 3. The number of hydrazone groups is 1. The number of hydrogen-bond donors (Lipinski definition) is 5. The molecule has 1 atom stereocenters. The normalized spacial score (nSPS) is 13.4. The van der Waals surface area contributed by atoms with Crippen LogP contribution in [0.3, 0.4) is 0 Å². The van der Waals surface area contributed by atoms with Gasteiger partial charge >= 0.3 is 0 Å². The first kappa shape index (κ1) is 24.9. The van der Waals surface area contributed by atoms with Crippen molar-refractivity contribution in [2.75, 3.05) is 12.1 Å². The standard InChI is InChI=1S/C21H27F2N9OS/c1-4-13(8-17(24)27-3)29-21(33)12-7-14(32(26)20(30-25)18(22)23)19-28-9-15(31(19)10-12)16-6-5-11(2)34-16/h5-10,13,18,27H,4,24-26H2,1-3H3,(H,29,33)/b17-8+,30-20-/t13-/m0/s1.